The van der Waals surface area contributed by atoms with E-state index >= 15 is 0 Å². The summed E-state index contributed by atoms with van der Waals surface area (Å²) in [6.45, 7) is 5.69. The van der Waals surface area contributed by atoms with Gasteiger partial charge in [0.05, 0.1) is 11.2 Å². The van der Waals surface area contributed by atoms with Crippen LogP contribution in [0.5, 0.6) is 0 Å². The number of hydrogen-bond donors (Lipinski definition) is 0. The van der Waals surface area contributed by atoms with Gasteiger partial charge >= 0.3 is 0 Å². The normalized spacial score (nSPS) is 10.8. The highest BCUT2D eigenvalue weighted by molar-refractivity contribution is 6.07. The van der Waals surface area contributed by atoms with Gasteiger partial charge in [0.1, 0.15) is 0 Å². The fourth-order valence-electron chi connectivity index (χ4n) is 2.50. The number of Topliss-reactive ketones (excluding diaryl/α,β-unsaturated/α-hetero) is 1. The molecule has 0 atom stereocenters. The van der Waals surface area contributed by atoms with Crippen molar-refractivity contribution in [3.05, 3.63) is 65.2 Å². The molecule has 0 aliphatic carbocycles. The maximum atomic E-state index is 12.0. The van der Waals surface area contributed by atoms with Crippen molar-refractivity contribution in [1.82, 2.24) is 4.98 Å². The lowest BCUT2D eigenvalue weighted by Crippen LogP contribution is -1.98. The number of aromatic nitrogens is 1. The van der Waals surface area contributed by atoms with Crippen LogP contribution in [0.15, 0.2) is 48.5 Å². The zero-order chi connectivity index (χ0) is 15.0. The molecule has 2 heteroatoms. The molecule has 21 heavy (non-hydrogen) atoms. The smallest absolute Gasteiger partial charge is 0.160 e. The number of rotatable bonds is 2. The monoisotopic (exact) mass is 275 g/mol. The second-order valence-corrected chi connectivity index (χ2v) is 5.50. The fraction of sp³-hybridized carbons (Fsp3) is 0.158. The topological polar surface area (TPSA) is 30.0 Å². The van der Waals surface area contributed by atoms with Crippen molar-refractivity contribution in [2.75, 3.05) is 0 Å². The van der Waals surface area contributed by atoms with Crippen molar-refractivity contribution in [1.29, 1.82) is 0 Å². The highest BCUT2D eigenvalue weighted by atomic mass is 16.1. The van der Waals surface area contributed by atoms with Crippen LogP contribution in [0.25, 0.3) is 22.2 Å². The number of pyridine rings is 1. The van der Waals surface area contributed by atoms with Crippen molar-refractivity contribution in [3.8, 4) is 11.3 Å². The lowest BCUT2D eigenvalue weighted by molar-refractivity contribution is 0.101. The average molecular weight is 275 g/mol. The molecule has 0 saturated heterocycles. The van der Waals surface area contributed by atoms with Crippen molar-refractivity contribution >= 4 is 16.7 Å². The number of aryl methyl sites for hydroxylation is 2. The van der Waals surface area contributed by atoms with Crippen LogP contribution in [0.3, 0.4) is 0 Å². The van der Waals surface area contributed by atoms with Gasteiger partial charge in [-0.1, -0.05) is 41.5 Å². The van der Waals surface area contributed by atoms with Gasteiger partial charge in [-0.25, -0.2) is 4.98 Å². The minimum Gasteiger partial charge on any atom is -0.294 e. The molecule has 0 radical (unpaired) electrons. The van der Waals surface area contributed by atoms with Gasteiger partial charge in [0.25, 0.3) is 0 Å². The number of carbonyl (C=O) groups excluding carboxylic acids is 1. The van der Waals surface area contributed by atoms with Gasteiger partial charge in [-0.05, 0) is 39.0 Å². The first-order valence-corrected chi connectivity index (χ1v) is 7.04. The summed E-state index contributed by atoms with van der Waals surface area (Å²) in [6.07, 6.45) is 0. The van der Waals surface area contributed by atoms with E-state index < -0.39 is 0 Å². The van der Waals surface area contributed by atoms with Crippen molar-refractivity contribution in [2.24, 2.45) is 0 Å². The Morgan fingerprint density at radius 1 is 0.905 bits per heavy atom. The molecule has 0 fully saturated rings. The number of fused-ring (bicyclic) bond motifs is 1. The molecule has 0 bridgehead atoms. The van der Waals surface area contributed by atoms with Crippen LogP contribution < -0.4 is 0 Å². The summed E-state index contributed by atoms with van der Waals surface area (Å²) in [5.41, 5.74) is 5.82. The Morgan fingerprint density at radius 3 is 2.24 bits per heavy atom. The van der Waals surface area contributed by atoms with E-state index in [4.69, 9.17) is 4.98 Å². The second kappa shape index (κ2) is 5.13. The number of benzene rings is 2. The molecule has 0 amide bonds. The molecule has 2 nitrogen and oxygen atoms in total. The zero-order valence-corrected chi connectivity index (χ0v) is 12.5. The van der Waals surface area contributed by atoms with Gasteiger partial charge < -0.3 is 0 Å². The molecular formula is C19H17NO. The number of hydrogen-bond acceptors (Lipinski definition) is 2. The average Bonchev–Trinajstić information content (AvgIpc) is 2.46. The number of ketones is 1. The predicted octanol–water partition coefficient (Wildman–Crippen LogP) is 4.72. The van der Waals surface area contributed by atoms with E-state index in [1.165, 1.54) is 5.56 Å². The zero-order valence-electron chi connectivity index (χ0n) is 12.5. The minimum absolute atomic E-state index is 0.0707. The van der Waals surface area contributed by atoms with Crippen molar-refractivity contribution in [3.63, 3.8) is 0 Å². The molecule has 0 spiro atoms. The molecular weight excluding hydrogens is 258 g/mol. The van der Waals surface area contributed by atoms with Crippen LogP contribution in [-0.4, -0.2) is 10.8 Å². The summed E-state index contributed by atoms with van der Waals surface area (Å²) >= 11 is 0. The van der Waals surface area contributed by atoms with E-state index in [-0.39, 0.29) is 5.78 Å². The van der Waals surface area contributed by atoms with Gasteiger partial charge in [0, 0.05) is 16.5 Å². The molecule has 2 aromatic carbocycles. The molecule has 1 aromatic heterocycles. The Labute approximate surface area is 124 Å². The Bertz CT molecular complexity index is 832. The van der Waals surface area contributed by atoms with Crippen LogP contribution >= 0.6 is 0 Å². The Hall–Kier alpha value is -2.48. The fourth-order valence-corrected chi connectivity index (χ4v) is 2.50. The molecule has 0 N–H and O–H groups in total. The Morgan fingerprint density at radius 2 is 1.57 bits per heavy atom. The van der Waals surface area contributed by atoms with Crippen molar-refractivity contribution < 1.29 is 4.79 Å². The van der Waals surface area contributed by atoms with E-state index in [0.29, 0.717) is 0 Å². The Balaban J connectivity index is 2.28. The van der Waals surface area contributed by atoms with E-state index in [1.54, 1.807) is 6.92 Å². The third-order valence-corrected chi connectivity index (χ3v) is 3.69. The van der Waals surface area contributed by atoms with Crippen LogP contribution in [-0.2, 0) is 0 Å². The third-order valence-electron chi connectivity index (χ3n) is 3.69. The lowest BCUT2D eigenvalue weighted by Gasteiger charge is -2.09. The maximum Gasteiger partial charge on any atom is 0.160 e. The predicted molar refractivity (Wildman–Crippen MR) is 86.7 cm³/mol. The summed E-state index contributed by atoms with van der Waals surface area (Å²) in [6, 6.07) is 16.1. The highest BCUT2D eigenvalue weighted by Crippen LogP contribution is 2.26. The molecule has 1 heterocycles. The summed E-state index contributed by atoms with van der Waals surface area (Å²) in [5.74, 6) is 0.0707. The van der Waals surface area contributed by atoms with Gasteiger partial charge in [-0.3, -0.25) is 4.79 Å². The van der Waals surface area contributed by atoms with E-state index in [9.17, 15) is 4.79 Å². The number of carbonyl (C=O) groups is 1. The maximum absolute atomic E-state index is 12.0. The number of nitrogens with zero attached hydrogens (tertiary/aromatic N) is 1. The van der Waals surface area contributed by atoms with Crippen LogP contribution in [0.1, 0.15) is 28.4 Å². The molecule has 0 unspecified atom stereocenters. The van der Waals surface area contributed by atoms with Crippen LogP contribution in [0.2, 0.25) is 0 Å². The standard InChI is InChI=1S/C19H17NO/c1-12-4-7-15(8-5-12)19-11-16(14(3)21)17-10-13(2)6-9-18(17)20-19/h4-11H,1-3H3. The summed E-state index contributed by atoms with van der Waals surface area (Å²) in [4.78, 5) is 16.7. The first-order valence-electron chi connectivity index (χ1n) is 7.04. The molecule has 3 aromatic rings. The molecule has 3 rings (SSSR count). The van der Waals surface area contributed by atoms with Crippen molar-refractivity contribution in [2.45, 2.75) is 20.8 Å². The van der Waals surface area contributed by atoms with E-state index in [0.717, 1.165) is 33.3 Å². The van der Waals surface area contributed by atoms with Gasteiger partial charge in [0.2, 0.25) is 0 Å². The lowest BCUT2D eigenvalue weighted by atomic mass is 10.00. The van der Waals surface area contributed by atoms with Crippen LogP contribution in [0.4, 0.5) is 0 Å². The second-order valence-electron chi connectivity index (χ2n) is 5.50. The van der Waals surface area contributed by atoms with E-state index in [1.807, 2.05) is 43.3 Å². The largest absolute Gasteiger partial charge is 0.294 e. The Kier molecular flexibility index (Phi) is 3.30. The molecule has 0 saturated carbocycles. The van der Waals surface area contributed by atoms with E-state index in [2.05, 4.69) is 19.1 Å². The quantitative estimate of drug-likeness (QED) is 0.633. The first-order chi connectivity index (χ1) is 10.0. The molecule has 0 aliphatic heterocycles. The van der Waals surface area contributed by atoms with Crippen LogP contribution in [0, 0.1) is 13.8 Å². The van der Waals surface area contributed by atoms with Gasteiger partial charge in [0.15, 0.2) is 5.78 Å². The summed E-state index contributed by atoms with van der Waals surface area (Å²) in [5, 5.41) is 0.929. The minimum atomic E-state index is 0.0707. The first kappa shape index (κ1) is 13.5. The molecule has 0 aliphatic rings. The third kappa shape index (κ3) is 2.57. The van der Waals surface area contributed by atoms with Gasteiger partial charge in [-0.15, -0.1) is 0 Å². The SMILES string of the molecule is CC(=O)c1cc(-c2ccc(C)cc2)nc2ccc(C)cc12. The highest BCUT2D eigenvalue weighted by Gasteiger charge is 2.11. The summed E-state index contributed by atoms with van der Waals surface area (Å²) < 4.78 is 0. The molecule has 104 valence electrons. The summed E-state index contributed by atoms with van der Waals surface area (Å²) in [7, 11) is 0. The van der Waals surface area contributed by atoms with Gasteiger partial charge in [-0.2, -0.15) is 0 Å².